The first kappa shape index (κ1) is 17.8. The van der Waals surface area contributed by atoms with Crippen LogP contribution in [-0.4, -0.2) is 44.7 Å². The molecule has 2 aromatic rings. The van der Waals surface area contributed by atoms with E-state index in [1.165, 1.54) is 0 Å². The van der Waals surface area contributed by atoms with E-state index < -0.39 is 0 Å². The zero-order valence-electron chi connectivity index (χ0n) is 14.3. The molecule has 8 heteroatoms. The summed E-state index contributed by atoms with van der Waals surface area (Å²) in [6.07, 6.45) is 7.58. The number of aromatic nitrogens is 4. The van der Waals surface area contributed by atoms with Crippen LogP contribution in [0.2, 0.25) is 0 Å². The highest BCUT2D eigenvalue weighted by molar-refractivity contribution is 5.79. The fraction of sp³-hybridized carbons (Fsp3) is 0.562. The first-order chi connectivity index (χ1) is 11.5. The van der Waals surface area contributed by atoms with Gasteiger partial charge in [-0.2, -0.15) is 0 Å². The molecule has 0 radical (unpaired) electrons. The van der Waals surface area contributed by atoms with E-state index in [1.54, 1.807) is 12.5 Å². The fourth-order valence-electron chi connectivity index (χ4n) is 2.52. The Balaban J connectivity index is 1.53. The van der Waals surface area contributed by atoms with Crippen LogP contribution in [0.5, 0.6) is 0 Å². The molecule has 0 aliphatic heterocycles. The monoisotopic (exact) mass is 334 g/mol. The predicted molar refractivity (Wildman–Crippen MR) is 90.2 cm³/mol. The van der Waals surface area contributed by atoms with Gasteiger partial charge in [0.15, 0.2) is 0 Å². The molecule has 0 saturated carbocycles. The highest BCUT2D eigenvalue weighted by Crippen LogP contribution is 2.07. The number of amides is 2. The second-order valence-corrected chi connectivity index (χ2v) is 6.17. The molecule has 0 aliphatic carbocycles. The van der Waals surface area contributed by atoms with E-state index in [0.29, 0.717) is 25.9 Å². The van der Waals surface area contributed by atoms with E-state index in [0.717, 1.165) is 24.2 Å². The van der Waals surface area contributed by atoms with Gasteiger partial charge in [0.2, 0.25) is 11.8 Å². The van der Waals surface area contributed by atoms with E-state index in [1.807, 2.05) is 24.9 Å². The number of H-pyrrole nitrogens is 2. The molecule has 0 fully saturated rings. The van der Waals surface area contributed by atoms with Crippen molar-refractivity contribution in [1.82, 2.24) is 30.4 Å². The molecular weight excluding hydrogens is 308 g/mol. The summed E-state index contributed by atoms with van der Waals surface area (Å²) in [6, 6.07) is 0. The molecule has 0 spiro atoms. The number of rotatable bonds is 10. The van der Waals surface area contributed by atoms with Crippen molar-refractivity contribution in [3.05, 3.63) is 30.1 Å². The second-order valence-electron chi connectivity index (χ2n) is 6.17. The Bertz CT molecular complexity index is 616. The van der Waals surface area contributed by atoms with Gasteiger partial charge in [0.25, 0.3) is 0 Å². The standard InChI is InChI=1S/C16H26N6O2/c1-12(7-15(23)18-5-3-13-9-17-11-20-13)8-16(24)19-6-4-14-10-22(2)21-14/h9-12,21H,3-8H2,1-2H3,(H,17,20)(H,18,23)(H,19,24). The van der Waals surface area contributed by atoms with Crippen LogP contribution in [0.3, 0.4) is 0 Å². The normalized spacial score (nSPS) is 12.1. The molecule has 24 heavy (non-hydrogen) atoms. The van der Waals surface area contributed by atoms with E-state index in [-0.39, 0.29) is 17.7 Å². The molecular formula is C16H26N6O2. The van der Waals surface area contributed by atoms with E-state index in [9.17, 15) is 9.59 Å². The Hall–Kier alpha value is -2.51. The predicted octanol–water partition coefficient (Wildman–Crippen LogP) is 0.510. The van der Waals surface area contributed by atoms with Gasteiger partial charge in [0.05, 0.1) is 12.0 Å². The van der Waals surface area contributed by atoms with Crippen LogP contribution in [0, 0.1) is 5.92 Å². The third-order valence-corrected chi connectivity index (χ3v) is 3.73. The van der Waals surface area contributed by atoms with Crippen LogP contribution < -0.4 is 10.6 Å². The molecule has 8 nitrogen and oxygen atoms in total. The van der Waals surface area contributed by atoms with Crippen LogP contribution in [-0.2, 0) is 29.5 Å². The van der Waals surface area contributed by atoms with Gasteiger partial charge in [-0.1, -0.05) is 6.92 Å². The average molecular weight is 334 g/mol. The Labute approximate surface area is 141 Å². The van der Waals surface area contributed by atoms with Crippen LogP contribution in [0.25, 0.3) is 0 Å². The third-order valence-electron chi connectivity index (χ3n) is 3.73. The van der Waals surface area contributed by atoms with Gasteiger partial charge in [-0.3, -0.25) is 14.3 Å². The Morgan fingerprint density at radius 1 is 1.17 bits per heavy atom. The smallest absolute Gasteiger partial charge is 0.220 e. The second kappa shape index (κ2) is 8.95. The summed E-state index contributed by atoms with van der Waals surface area (Å²) < 4.78 is 1.87. The zero-order valence-corrected chi connectivity index (χ0v) is 14.3. The number of carbonyl (C=O) groups is 2. The van der Waals surface area contributed by atoms with Gasteiger partial charge in [0, 0.05) is 63.9 Å². The maximum absolute atomic E-state index is 11.9. The highest BCUT2D eigenvalue weighted by Gasteiger charge is 2.13. The number of imidazole rings is 1. The topological polar surface area (TPSA) is 108 Å². The van der Waals surface area contributed by atoms with Crippen molar-refractivity contribution in [2.75, 3.05) is 13.1 Å². The molecule has 0 aromatic carbocycles. The lowest BCUT2D eigenvalue weighted by atomic mass is 10.0. The minimum Gasteiger partial charge on any atom is -0.356 e. The molecule has 132 valence electrons. The number of nitrogens with zero attached hydrogens (tertiary/aromatic N) is 2. The Morgan fingerprint density at radius 3 is 2.25 bits per heavy atom. The summed E-state index contributed by atoms with van der Waals surface area (Å²) in [4.78, 5) is 30.6. The lowest BCUT2D eigenvalue weighted by Crippen LogP contribution is -2.31. The largest absolute Gasteiger partial charge is 0.356 e. The lowest BCUT2D eigenvalue weighted by Gasteiger charge is -2.13. The van der Waals surface area contributed by atoms with Crippen molar-refractivity contribution in [2.45, 2.75) is 32.6 Å². The van der Waals surface area contributed by atoms with Gasteiger partial charge < -0.3 is 20.7 Å². The Kier molecular flexibility index (Phi) is 6.65. The number of carbonyl (C=O) groups excluding carboxylic acids is 2. The first-order valence-electron chi connectivity index (χ1n) is 8.23. The molecule has 2 aromatic heterocycles. The number of aryl methyl sites for hydroxylation is 1. The van der Waals surface area contributed by atoms with E-state index in [2.05, 4.69) is 25.7 Å². The summed E-state index contributed by atoms with van der Waals surface area (Å²) in [5.74, 6) is -0.0213. The molecule has 2 heterocycles. The number of aromatic amines is 2. The van der Waals surface area contributed by atoms with Crippen molar-refractivity contribution in [3.8, 4) is 0 Å². The minimum atomic E-state index is -0.0262. The molecule has 0 bridgehead atoms. The van der Waals surface area contributed by atoms with E-state index in [4.69, 9.17) is 0 Å². The average Bonchev–Trinajstić information content (AvgIpc) is 2.98. The lowest BCUT2D eigenvalue weighted by molar-refractivity contribution is -0.123. The Morgan fingerprint density at radius 2 is 1.75 bits per heavy atom. The maximum atomic E-state index is 11.9. The van der Waals surface area contributed by atoms with Gasteiger partial charge in [-0.05, 0) is 5.92 Å². The molecule has 2 rings (SSSR count). The van der Waals surface area contributed by atoms with Gasteiger partial charge >= 0.3 is 0 Å². The van der Waals surface area contributed by atoms with Crippen LogP contribution in [0.15, 0.2) is 18.7 Å². The molecule has 1 unspecified atom stereocenters. The summed E-state index contributed by atoms with van der Waals surface area (Å²) in [7, 11) is 1.92. The summed E-state index contributed by atoms with van der Waals surface area (Å²) in [6.45, 7) is 3.09. The molecule has 2 amide bonds. The maximum Gasteiger partial charge on any atom is 0.220 e. The van der Waals surface area contributed by atoms with Crippen molar-refractivity contribution in [3.63, 3.8) is 0 Å². The minimum absolute atomic E-state index is 0.0129. The fourth-order valence-corrected chi connectivity index (χ4v) is 2.52. The van der Waals surface area contributed by atoms with Gasteiger partial charge in [-0.15, -0.1) is 0 Å². The van der Waals surface area contributed by atoms with Crippen molar-refractivity contribution in [1.29, 1.82) is 0 Å². The van der Waals surface area contributed by atoms with Crippen molar-refractivity contribution < 1.29 is 9.59 Å². The molecule has 0 aliphatic rings. The van der Waals surface area contributed by atoms with Crippen LogP contribution in [0.4, 0.5) is 0 Å². The zero-order chi connectivity index (χ0) is 17.4. The highest BCUT2D eigenvalue weighted by atomic mass is 16.2. The van der Waals surface area contributed by atoms with Crippen molar-refractivity contribution >= 4 is 11.8 Å². The van der Waals surface area contributed by atoms with Gasteiger partial charge in [0.1, 0.15) is 0 Å². The number of nitrogens with one attached hydrogen (secondary N) is 4. The first-order valence-corrected chi connectivity index (χ1v) is 8.23. The van der Waals surface area contributed by atoms with Gasteiger partial charge in [-0.25, -0.2) is 4.98 Å². The number of hydrogen-bond donors (Lipinski definition) is 4. The third kappa shape index (κ3) is 6.31. The van der Waals surface area contributed by atoms with Crippen LogP contribution >= 0.6 is 0 Å². The molecule has 0 saturated heterocycles. The SMILES string of the molecule is CC(CC(=O)NCCc1cnc[nH]1)CC(=O)NCCc1cn(C)[nH]1. The van der Waals surface area contributed by atoms with Crippen molar-refractivity contribution in [2.24, 2.45) is 13.0 Å². The van der Waals surface area contributed by atoms with E-state index >= 15 is 0 Å². The number of hydrogen-bond acceptors (Lipinski definition) is 3. The quantitative estimate of drug-likeness (QED) is 0.508. The van der Waals surface area contributed by atoms with Crippen LogP contribution in [0.1, 0.15) is 31.2 Å². The molecule has 1 atom stereocenters. The summed E-state index contributed by atoms with van der Waals surface area (Å²) in [5, 5.41) is 8.84. The molecule has 4 N–H and O–H groups in total. The summed E-state index contributed by atoms with van der Waals surface area (Å²) >= 11 is 0. The summed E-state index contributed by atoms with van der Waals surface area (Å²) in [5.41, 5.74) is 2.10.